The summed E-state index contributed by atoms with van der Waals surface area (Å²) in [6.07, 6.45) is 0. The summed E-state index contributed by atoms with van der Waals surface area (Å²) in [5, 5.41) is 8.43. The minimum Gasteiger partial charge on any atom is -0.390 e. The van der Waals surface area contributed by atoms with Crippen LogP contribution in [0.15, 0.2) is 18.2 Å². The molecule has 2 nitrogen and oxygen atoms in total. The second-order valence-corrected chi connectivity index (χ2v) is 4.31. The third-order valence-electron chi connectivity index (χ3n) is 1.96. The number of nitrogens with two attached hydrogens (primary N) is 1. The van der Waals surface area contributed by atoms with E-state index in [-0.39, 0.29) is 5.56 Å². The molecule has 0 bridgehead atoms. The van der Waals surface area contributed by atoms with Gasteiger partial charge in [0.05, 0.1) is 6.04 Å². The summed E-state index contributed by atoms with van der Waals surface area (Å²) in [5.74, 6) is -4.32. The van der Waals surface area contributed by atoms with Crippen LogP contribution in [0.2, 0.25) is 0 Å². The van der Waals surface area contributed by atoms with Crippen LogP contribution >= 0.6 is 22.6 Å². The van der Waals surface area contributed by atoms with Gasteiger partial charge in [0.1, 0.15) is 12.4 Å². The quantitative estimate of drug-likeness (QED) is 0.833. The van der Waals surface area contributed by atoms with E-state index in [9.17, 15) is 13.2 Å². The van der Waals surface area contributed by atoms with Crippen LogP contribution in [-0.4, -0.2) is 17.6 Å². The van der Waals surface area contributed by atoms with Crippen molar-refractivity contribution in [3.05, 3.63) is 33.1 Å². The molecular formula is C9H9F3INO. The maximum atomic E-state index is 13.2. The van der Waals surface area contributed by atoms with Crippen LogP contribution in [0.5, 0.6) is 0 Å². The van der Waals surface area contributed by atoms with E-state index in [1.807, 2.05) is 22.6 Å². The monoisotopic (exact) mass is 331 g/mol. The lowest BCUT2D eigenvalue weighted by atomic mass is 10.0. The third-order valence-corrected chi connectivity index (χ3v) is 2.63. The van der Waals surface area contributed by atoms with E-state index in [1.54, 1.807) is 0 Å². The largest absolute Gasteiger partial charge is 0.390 e. The number of hydrogen-bond acceptors (Lipinski definition) is 2. The summed E-state index contributed by atoms with van der Waals surface area (Å²) in [7, 11) is 0. The van der Waals surface area contributed by atoms with Gasteiger partial charge < -0.3 is 10.8 Å². The molecule has 0 aliphatic rings. The predicted octanol–water partition coefficient (Wildman–Crippen LogP) is 2.06. The third kappa shape index (κ3) is 2.82. The zero-order valence-corrected chi connectivity index (χ0v) is 9.71. The fourth-order valence-electron chi connectivity index (χ4n) is 1.08. The number of rotatable bonds is 3. The lowest BCUT2D eigenvalue weighted by molar-refractivity contribution is -0.0718. The molecule has 6 heteroatoms. The first-order valence-electron chi connectivity index (χ1n) is 4.07. The molecule has 0 aliphatic heterocycles. The lowest BCUT2D eigenvalue weighted by Gasteiger charge is -2.22. The second-order valence-electron chi connectivity index (χ2n) is 3.06. The minimum atomic E-state index is -3.52. The SMILES string of the molecule is N[C@H](c1cc(I)ccc1F)C(F)(F)CO. The van der Waals surface area contributed by atoms with Crippen LogP contribution in [-0.2, 0) is 0 Å². The molecule has 0 radical (unpaired) electrons. The van der Waals surface area contributed by atoms with E-state index in [2.05, 4.69) is 0 Å². The number of aliphatic hydroxyl groups excluding tert-OH is 1. The standard InChI is InChI=1S/C9H9F3INO/c10-7-2-1-5(13)3-6(7)8(14)9(11,12)4-15/h1-3,8,15H,4,14H2/t8-/m1/s1. The van der Waals surface area contributed by atoms with E-state index >= 15 is 0 Å². The molecule has 0 spiro atoms. The molecule has 0 aromatic heterocycles. The molecule has 0 aliphatic carbocycles. The minimum absolute atomic E-state index is 0.291. The zero-order chi connectivity index (χ0) is 11.6. The normalized spacial score (nSPS) is 14.0. The van der Waals surface area contributed by atoms with Crippen molar-refractivity contribution in [3.8, 4) is 0 Å². The van der Waals surface area contributed by atoms with Crippen LogP contribution in [0.3, 0.4) is 0 Å². The Kier molecular flexibility index (Phi) is 3.96. The Bertz CT molecular complexity index is 359. The zero-order valence-electron chi connectivity index (χ0n) is 7.55. The fourth-order valence-corrected chi connectivity index (χ4v) is 1.59. The Labute approximate surface area is 98.4 Å². The van der Waals surface area contributed by atoms with E-state index in [0.29, 0.717) is 3.57 Å². The molecule has 1 aromatic rings. The Morgan fingerprint density at radius 2 is 2.07 bits per heavy atom. The molecule has 3 N–H and O–H groups in total. The average molecular weight is 331 g/mol. The molecule has 0 fully saturated rings. The van der Waals surface area contributed by atoms with Gasteiger partial charge in [0, 0.05) is 9.13 Å². The highest BCUT2D eigenvalue weighted by molar-refractivity contribution is 14.1. The highest BCUT2D eigenvalue weighted by Gasteiger charge is 2.38. The topological polar surface area (TPSA) is 46.2 Å². The van der Waals surface area contributed by atoms with Gasteiger partial charge in [0.25, 0.3) is 5.92 Å². The molecule has 1 rings (SSSR count). The summed E-state index contributed by atoms with van der Waals surface area (Å²) in [6, 6.07) is 1.93. The lowest BCUT2D eigenvalue weighted by Crippen LogP contribution is -2.36. The van der Waals surface area contributed by atoms with Crippen LogP contribution in [0.4, 0.5) is 13.2 Å². The highest BCUT2D eigenvalue weighted by Crippen LogP contribution is 2.30. The molecule has 0 saturated heterocycles. The fraction of sp³-hybridized carbons (Fsp3) is 0.333. The maximum absolute atomic E-state index is 13.2. The van der Waals surface area contributed by atoms with E-state index < -0.39 is 24.4 Å². The van der Waals surface area contributed by atoms with Crippen molar-refractivity contribution in [1.82, 2.24) is 0 Å². The van der Waals surface area contributed by atoms with Gasteiger partial charge in [0.15, 0.2) is 0 Å². The van der Waals surface area contributed by atoms with Gasteiger partial charge in [0.2, 0.25) is 0 Å². The Balaban J connectivity index is 3.10. The summed E-state index contributed by atoms with van der Waals surface area (Å²) in [6.45, 7) is -1.40. The van der Waals surface area contributed by atoms with Crippen molar-refractivity contribution in [2.45, 2.75) is 12.0 Å². The van der Waals surface area contributed by atoms with Crippen LogP contribution in [0.1, 0.15) is 11.6 Å². The van der Waals surface area contributed by atoms with Crippen molar-refractivity contribution in [1.29, 1.82) is 0 Å². The van der Waals surface area contributed by atoms with E-state index in [1.165, 1.54) is 12.1 Å². The van der Waals surface area contributed by atoms with Crippen molar-refractivity contribution in [3.63, 3.8) is 0 Å². The Morgan fingerprint density at radius 1 is 1.47 bits per heavy atom. The van der Waals surface area contributed by atoms with Gasteiger partial charge in [-0.1, -0.05) is 0 Å². The number of halogens is 4. The summed E-state index contributed by atoms with van der Waals surface area (Å²) >= 11 is 1.87. The Hall–Kier alpha value is -0.340. The van der Waals surface area contributed by atoms with E-state index in [0.717, 1.165) is 6.07 Å². The molecular weight excluding hydrogens is 322 g/mol. The van der Waals surface area contributed by atoms with Crippen LogP contribution in [0, 0.1) is 9.39 Å². The van der Waals surface area contributed by atoms with Crippen LogP contribution < -0.4 is 5.73 Å². The summed E-state index contributed by atoms with van der Waals surface area (Å²) < 4.78 is 39.8. The van der Waals surface area contributed by atoms with E-state index in [4.69, 9.17) is 10.8 Å². The summed E-state index contributed by atoms with van der Waals surface area (Å²) in [4.78, 5) is 0. The Morgan fingerprint density at radius 3 is 2.60 bits per heavy atom. The van der Waals surface area contributed by atoms with Gasteiger partial charge in [-0.3, -0.25) is 0 Å². The van der Waals surface area contributed by atoms with Gasteiger partial charge >= 0.3 is 0 Å². The van der Waals surface area contributed by atoms with Gasteiger partial charge in [-0.2, -0.15) is 0 Å². The van der Waals surface area contributed by atoms with Crippen LogP contribution in [0.25, 0.3) is 0 Å². The molecule has 84 valence electrons. The molecule has 1 aromatic carbocycles. The molecule has 1 atom stereocenters. The average Bonchev–Trinajstić information content (AvgIpc) is 2.20. The van der Waals surface area contributed by atoms with Gasteiger partial charge in [-0.05, 0) is 40.8 Å². The van der Waals surface area contributed by atoms with Crippen molar-refractivity contribution in [2.24, 2.45) is 5.73 Å². The predicted molar refractivity (Wildman–Crippen MR) is 58.1 cm³/mol. The number of benzene rings is 1. The molecule has 0 saturated carbocycles. The van der Waals surface area contributed by atoms with Gasteiger partial charge in [-0.15, -0.1) is 0 Å². The first-order valence-corrected chi connectivity index (χ1v) is 5.15. The van der Waals surface area contributed by atoms with Crippen molar-refractivity contribution < 1.29 is 18.3 Å². The molecule has 0 amide bonds. The first-order chi connectivity index (χ1) is 6.88. The molecule has 0 unspecified atom stereocenters. The number of alkyl halides is 2. The second kappa shape index (κ2) is 4.67. The molecule has 0 heterocycles. The van der Waals surface area contributed by atoms with Crippen molar-refractivity contribution in [2.75, 3.05) is 6.61 Å². The van der Waals surface area contributed by atoms with Crippen molar-refractivity contribution >= 4 is 22.6 Å². The summed E-state index contributed by atoms with van der Waals surface area (Å²) in [5.41, 5.74) is 4.91. The highest BCUT2D eigenvalue weighted by atomic mass is 127. The maximum Gasteiger partial charge on any atom is 0.289 e. The number of hydrogen-bond donors (Lipinski definition) is 2. The number of aliphatic hydroxyl groups is 1. The smallest absolute Gasteiger partial charge is 0.289 e. The van der Waals surface area contributed by atoms with Gasteiger partial charge in [-0.25, -0.2) is 13.2 Å². The first kappa shape index (κ1) is 12.7. The molecule has 15 heavy (non-hydrogen) atoms.